The maximum Gasteiger partial charge on any atom is 0.309 e. The van der Waals surface area contributed by atoms with Gasteiger partial charge in [-0.25, -0.2) is 9.97 Å². The molecule has 1 N–H and O–H groups in total. The van der Waals surface area contributed by atoms with Crippen molar-refractivity contribution in [2.45, 2.75) is 32.2 Å². The smallest absolute Gasteiger partial charge is 0.309 e. The number of ether oxygens (including phenoxy) is 1. The van der Waals surface area contributed by atoms with E-state index in [9.17, 15) is 14.9 Å². The summed E-state index contributed by atoms with van der Waals surface area (Å²) in [4.78, 5) is 36.7. The van der Waals surface area contributed by atoms with Gasteiger partial charge in [0.05, 0.1) is 29.6 Å². The summed E-state index contributed by atoms with van der Waals surface area (Å²) >= 11 is 0. The number of nitriles is 1. The molecule has 3 aromatic rings. The summed E-state index contributed by atoms with van der Waals surface area (Å²) < 4.78 is 5.17. The van der Waals surface area contributed by atoms with Crippen LogP contribution in [0.3, 0.4) is 0 Å². The van der Waals surface area contributed by atoms with Gasteiger partial charge in [0, 0.05) is 19.6 Å². The van der Waals surface area contributed by atoms with Crippen LogP contribution in [0.1, 0.15) is 36.9 Å². The summed E-state index contributed by atoms with van der Waals surface area (Å²) in [6, 6.07) is 19.1. The first-order valence-electron chi connectivity index (χ1n) is 11.5. The number of nitrogens with zero attached hydrogens (tertiary/aromatic N) is 4. The summed E-state index contributed by atoms with van der Waals surface area (Å²) in [6.07, 6.45) is 1.23. The molecule has 1 atom stereocenters. The van der Waals surface area contributed by atoms with E-state index in [-0.39, 0.29) is 11.9 Å². The van der Waals surface area contributed by atoms with Gasteiger partial charge in [-0.2, -0.15) is 5.26 Å². The maximum absolute atomic E-state index is 13.1. The Morgan fingerprint density at radius 2 is 1.74 bits per heavy atom. The number of rotatable bonds is 7. The third kappa shape index (κ3) is 5.15. The van der Waals surface area contributed by atoms with Crippen molar-refractivity contribution in [3.63, 3.8) is 0 Å². The molecule has 2 aromatic carbocycles. The molecule has 8 heteroatoms. The topological polar surface area (TPSA) is 108 Å². The number of piperidine rings is 1. The van der Waals surface area contributed by atoms with E-state index in [1.165, 1.54) is 0 Å². The number of para-hydroxylation sites is 2. The van der Waals surface area contributed by atoms with E-state index in [2.05, 4.69) is 11.4 Å². The minimum absolute atomic E-state index is 0.158. The summed E-state index contributed by atoms with van der Waals surface area (Å²) in [5.74, 6) is -1.35. The molecule has 2 heterocycles. The predicted octanol–water partition coefficient (Wildman–Crippen LogP) is 3.33. The zero-order valence-electron chi connectivity index (χ0n) is 19.1. The van der Waals surface area contributed by atoms with Gasteiger partial charge < -0.3 is 15.0 Å². The number of benzene rings is 2. The molecule has 174 valence electrons. The number of nitrogens with one attached hydrogen (secondary N) is 1. The van der Waals surface area contributed by atoms with Crippen LogP contribution in [0.4, 0.5) is 5.82 Å². The van der Waals surface area contributed by atoms with Gasteiger partial charge in [0.25, 0.3) is 0 Å². The van der Waals surface area contributed by atoms with Crippen LogP contribution in [0.2, 0.25) is 0 Å². The van der Waals surface area contributed by atoms with Crippen LogP contribution in [-0.4, -0.2) is 41.5 Å². The second-order valence-electron chi connectivity index (χ2n) is 8.20. The van der Waals surface area contributed by atoms with Gasteiger partial charge in [-0.15, -0.1) is 0 Å². The predicted molar refractivity (Wildman–Crippen MR) is 128 cm³/mol. The highest BCUT2D eigenvalue weighted by Gasteiger charge is 2.32. The van der Waals surface area contributed by atoms with Crippen molar-refractivity contribution in [2.24, 2.45) is 5.92 Å². The second-order valence-corrected chi connectivity index (χ2v) is 8.20. The maximum atomic E-state index is 13.1. The van der Waals surface area contributed by atoms with Crippen molar-refractivity contribution < 1.29 is 14.3 Å². The van der Waals surface area contributed by atoms with Crippen LogP contribution in [0, 0.1) is 17.2 Å². The zero-order valence-corrected chi connectivity index (χ0v) is 19.1. The van der Waals surface area contributed by atoms with Crippen molar-refractivity contribution in [1.29, 1.82) is 5.26 Å². The quantitative estimate of drug-likeness (QED) is 0.542. The van der Waals surface area contributed by atoms with E-state index < -0.39 is 11.8 Å². The van der Waals surface area contributed by atoms with Gasteiger partial charge >= 0.3 is 5.97 Å². The summed E-state index contributed by atoms with van der Waals surface area (Å²) in [5.41, 5.74) is 2.59. The Kier molecular flexibility index (Phi) is 7.33. The average molecular weight is 458 g/mol. The van der Waals surface area contributed by atoms with E-state index in [1.54, 1.807) is 6.92 Å². The number of carbonyl (C=O) groups is 2. The third-order valence-corrected chi connectivity index (χ3v) is 5.97. The van der Waals surface area contributed by atoms with Crippen molar-refractivity contribution in [3.05, 3.63) is 65.9 Å². The minimum atomic E-state index is -1.11. The Morgan fingerprint density at radius 1 is 1.09 bits per heavy atom. The fourth-order valence-corrected chi connectivity index (χ4v) is 4.15. The lowest BCUT2D eigenvalue weighted by molar-refractivity contribution is -0.148. The first-order chi connectivity index (χ1) is 16.6. The first-order valence-corrected chi connectivity index (χ1v) is 11.5. The van der Waals surface area contributed by atoms with Crippen molar-refractivity contribution in [1.82, 2.24) is 15.3 Å². The summed E-state index contributed by atoms with van der Waals surface area (Å²) in [5, 5.41) is 12.8. The van der Waals surface area contributed by atoms with Crippen LogP contribution >= 0.6 is 0 Å². The molecule has 0 bridgehead atoms. The van der Waals surface area contributed by atoms with Gasteiger partial charge in [-0.3, -0.25) is 9.59 Å². The van der Waals surface area contributed by atoms with E-state index in [0.717, 1.165) is 5.56 Å². The molecule has 1 saturated heterocycles. The molecule has 1 aliphatic rings. The minimum Gasteiger partial charge on any atom is -0.466 e. The number of hydrogen-bond acceptors (Lipinski definition) is 7. The number of aromatic nitrogens is 2. The molecular formula is C26H27N5O3. The SMILES string of the molecule is CCOC(=O)C1CCN(c2nc3ccccc3nc2C(C#N)C(=O)NCc2ccccc2)CC1. The lowest BCUT2D eigenvalue weighted by Gasteiger charge is -2.33. The molecule has 8 nitrogen and oxygen atoms in total. The fraction of sp³-hybridized carbons (Fsp3) is 0.346. The number of carbonyl (C=O) groups excluding carboxylic acids is 2. The molecule has 0 saturated carbocycles. The van der Waals surface area contributed by atoms with Gasteiger partial charge in [-0.1, -0.05) is 42.5 Å². The second kappa shape index (κ2) is 10.8. The van der Waals surface area contributed by atoms with Gasteiger partial charge in [-0.05, 0) is 37.5 Å². The van der Waals surface area contributed by atoms with Gasteiger partial charge in [0.2, 0.25) is 5.91 Å². The molecule has 1 aliphatic heterocycles. The third-order valence-electron chi connectivity index (χ3n) is 5.97. The largest absolute Gasteiger partial charge is 0.466 e. The molecular weight excluding hydrogens is 430 g/mol. The van der Waals surface area contributed by atoms with Crippen LogP contribution in [-0.2, 0) is 20.9 Å². The number of hydrogen-bond donors (Lipinski definition) is 1. The average Bonchev–Trinajstić information content (AvgIpc) is 2.88. The Balaban J connectivity index is 1.60. The molecule has 1 unspecified atom stereocenters. The molecule has 1 fully saturated rings. The summed E-state index contributed by atoms with van der Waals surface area (Å²) in [7, 11) is 0. The first kappa shape index (κ1) is 23.2. The Bertz CT molecular complexity index is 1200. The van der Waals surface area contributed by atoms with E-state index in [1.807, 2.05) is 59.5 Å². The number of fused-ring (bicyclic) bond motifs is 1. The van der Waals surface area contributed by atoms with Crippen molar-refractivity contribution in [2.75, 3.05) is 24.6 Å². The van der Waals surface area contributed by atoms with Gasteiger partial charge in [0.15, 0.2) is 11.7 Å². The number of anilines is 1. The highest BCUT2D eigenvalue weighted by Crippen LogP contribution is 2.30. The standard InChI is InChI=1S/C26H27N5O3/c1-2-34-26(33)19-12-14-31(15-13-19)24-23(29-21-10-6-7-11-22(21)30-24)20(16-27)25(32)28-17-18-8-4-3-5-9-18/h3-11,19-20H,2,12-15,17H2,1H3,(H,28,32). The number of amides is 1. The van der Waals surface area contributed by atoms with E-state index in [4.69, 9.17) is 14.7 Å². The highest BCUT2D eigenvalue weighted by atomic mass is 16.5. The Labute approximate surface area is 198 Å². The van der Waals surface area contributed by atoms with Crippen LogP contribution < -0.4 is 10.2 Å². The molecule has 4 rings (SSSR count). The van der Waals surface area contributed by atoms with Crippen LogP contribution in [0.25, 0.3) is 11.0 Å². The molecule has 0 aliphatic carbocycles. The van der Waals surface area contributed by atoms with Crippen LogP contribution in [0.15, 0.2) is 54.6 Å². The van der Waals surface area contributed by atoms with Crippen molar-refractivity contribution >= 4 is 28.7 Å². The van der Waals surface area contributed by atoms with Crippen LogP contribution in [0.5, 0.6) is 0 Å². The zero-order chi connectivity index (χ0) is 23.9. The molecule has 1 aromatic heterocycles. The van der Waals surface area contributed by atoms with E-state index in [0.29, 0.717) is 61.6 Å². The monoisotopic (exact) mass is 457 g/mol. The Morgan fingerprint density at radius 3 is 2.38 bits per heavy atom. The Hall–Kier alpha value is -3.99. The van der Waals surface area contributed by atoms with Gasteiger partial charge in [0.1, 0.15) is 5.69 Å². The fourth-order valence-electron chi connectivity index (χ4n) is 4.15. The molecule has 34 heavy (non-hydrogen) atoms. The molecule has 0 radical (unpaired) electrons. The van der Waals surface area contributed by atoms with E-state index >= 15 is 0 Å². The highest BCUT2D eigenvalue weighted by molar-refractivity contribution is 5.89. The lowest BCUT2D eigenvalue weighted by atomic mass is 9.96. The van der Waals surface area contributed by atoms with Crippen molar-refractivity contribution in [3.8, 4) is 6.07 Å². The summed E-state index contributed by atoms with van der Waals surface area (Å²) in [6.45, 7) is 3.61. The lowest BCUT2D eigenvalue weighted by Crippen LogP contribution is -2.39. The number of esters is 1. The normalized spacial score (nSPS) is 14.9. The molecule has 0 spiro atoms. The molecule has 1 amide bonds.